The van der Waals surface area contributed by atoms with Crippen LogP contribution in [0.5, 0.6) is 0 Å². The lowest BCUT2D eigenvalue weighted by atomic mass is 10.0. The fourth-order valence-corrected chi connectivity index (χ4v) is 3.51. The number of carboxylic acids is 1. The van der Waals surface area contributed by atoms with Crippen LogP contribution in [0.2, 0.25) is 0 Å². The molecular formula is C24H33N7O6. The van der Waals surface area contributed by atoms with Crippen LogP contribution >= 0.6 is 0 Å². The van der Waals surface area contributed by atoms with Gasteiger partial charge in [-0.25, -0.2) is 9.78 Å². The van der Waals surface area contributed by atoms with E-state index in [-0.39, 0.29) is 12.8 Å². The number of rotatable bonds is 14. The number of aromatic nitrogens is 2. The molecule has 1 heterocycles. The highest BCUT2D eigenvalue weighted by atomic mass is 16.4. The summed E-state index contributed by atoms with van der Waals surface area (Å²) in [7, 11) is 0. The zero-order chi connectivity index (χ0) is 27.5. The summed E-state index contributed by atoms with van der Waals surface area (Å²) in [6.45, 7) is 3.28. The number of primary amides is 1. The van der Waals surface area contributed by atoms with Gasteiger partial charge in [-0.3, -0.25) is 19.2 Å². The molecule has 0 aliphatic rings. The summed E-state index contributed by atoms with van der Waals surface area (Å²) >= 11 is 0. The standard InChI is InChI=1S/C24H33N7O6/c1-13(2)20(24(36)37)31-23(35)18(9-15-11-27-12-28-15)30-22(34)17(8-14-6-4-3-5-7-14)29-21(33)16(25)10-19(26)32/h3-7,11-13,16-18,20H,8-10,25H2,1-2H3,(H2,26,32)(H,27,28)(H,29,33)(H,30,34)(H,31,35)(H,36,37). The van der Waals surface area contributed by atoms with Crippen LogP contribution in [0.3, 0.4) is 0 Å². The number of benzene rings is 1. The van der Waals surface area contributed by atoms with Gasteiger partial charge in [-0.1, -0.05) is 44.2 Å². The fourth-order valence-electron chi connectivity index (χ4n) is 3.51. The van der Waals surface area contributed by atoms with Crippen LogP contribution in [0, 0.1) is 5.92 Å². The van der Waals surface area contributed by atoms with Gasteiger partial charge in [0.1, 0.15) is 18.1 Å². The third kappa shape index (κ3) is 9.37. The molecular weight excluding hydrogens is 482 g/mol. The number of hydrogen-bond donors (Lipinski definition) is 7. The van der Waals surface area contributed by atoms with Gasteiger partial charge in [0.15, 0.2) is 0 Å². The molecule has 0 radical (unpaired) electrons. The Morgan fingerprint density at radius 3 is 2.08 bits per heavy atom. The molecule has 0 spiro atoms. The van der Waals surface area contributed by atoms with Crippen molar-refractivity contribution in [2.45, 2.75) is 57.3 Å². The molecule has 200 valence electrons. The fraction of sp³-hybridized carbons (Fsp3) is 0.417. The van der Waals surface area contributed by atoms with E-state index in [1.807, 2.05) is 0 Å². The van der Waals surface area contributed by atoms with Gasteiger partial charge >= 0.3 is 5.97 Å². The number of nitrogens with one attached hydrogen (secondary N) is 4. The minimum atomic E-state index is -1.27. The maximum atomic E-state index is 13.3. The predicted octanol–water partition coefficient (Wildman–Crippen LogP) is -1.41. The zero-order valence-corrected chi connectivity index (χ0v) is 20.6. The van der Waals surface area contributed by atoms with E-state index in [2.05, 4.69) is 25.9 Å². The average molecular weight is 516 g/mol. The second-order valence-electron chi connectivity index (χ2n) is 8.94. The molecule has 2 rings (SSSR count). The van der Waals surface area contributed by atoms with Gasteiger partial charge in [0.2, 0.25) is 23.6 Å². The molecule has 4 atom stereocenters. The van der Waals surface area contributed by atoms with Crippen molar-refractivity contribution in [1.82, 2.24) is 25.9 Å². The van der Waals surface area contributed by atoms with Crippen molar-refractivity contribution in [3.05, 3.63) is 54.1 Å². The first-order valence-electron chi connectivity index (χ1n) is 11.7. The first-order chi connectivity index (χ1) is 17.5. The highest BCUT2D eigenvalue weighted by Crippen LogP contribution is 2.08. The second kappa shape index (κ2) is 13.7. The number of nitrogens with zero attached hydrogens (tertiary/aromatic N) is 1. The molecule has 0 saturated carbocycles. The van der Waals surface area contributed by atoms with Gasteiger partial charge in [-0.2, -0.15) is 0 Å². The number of carbonyl (C=O) groups is 5. The van der Waals surface area contributed by atoms with Gasteiger partial charge in [0.25, 0.3) is 0 Å². The molecule has 4 amide bonds. The van der Waals surface area contributed by atoms with Crippen molar-refractivity contribution in [2.24, 2.45) is 17.4 Å². The Morgan fingerprint density at radius 1 is 0.946 bits per heavy atom. The van der Waals surface area contributed by atoms with Gasteiger partial charge < -0.3 is 37.5 Å². The Kier molecular flexibility index (Phi) is 10.8. The molecule has 13 nitrogen and oxygen atoms in total. The van der Waals surface area contributed by atoms with Crippen molar-refractivity contribution in [3.63, 3.8) is 0 Å². The largest absolute Gasteiger partial charge is 0.480 e. The number of carbonyl (C=O) groups excluding carboxylic acids is 4. The summed E-state index contributed by atoms with van der Waals surface area (Å²) in [4.78, 5) is 68.5. The van der Waals surface area contributed by atoms with Gasteiger partial charge in [0, 0.05) is 24.7 Å². The lowest BCUT2D eigenvalue weighted by molar-refractivity contribution is -0.143. The summed E-state index contributed by atoms with van der Waals surface area (Å²) in [6.07, 6.45) is 2.50. The lowest BCUT2D eigenvalue weighted by Gasteiger charge is -2.26. The summed E-state index contributed by atoms with van der Waals surface area (Å²) in [5.41, 5.74) is 12.1. The van der Waals surface area contributed by atoms with Gasteiger partial charge in [-0.05, 0) is 11.5 Å². The number of hydrogen-bond acceptors (Lipinski definition) is 7. The number of nitrogens with two attached hydrogens (primary N) is 2. The van der Waals surface area contributed by atoms with Crippen molar-refractivity contribution in [1.29, 1.82) is 0 Å². The number of aromatic amines is 1. The molecule has 1 aromatic carbocycles. The Morgan fingerprint density at radius 2 is 1.54 bits per heavy atom. The van der Waals surface area contributed by atoms with E-state index >= 15 is 0 Å². The first-order valence-corrected chi connectivity index (χ1v) is 11.7. The molecule has 0 fully saturated rings. The third-order valence-electron chi connectivity index (χ3n) is 5.52. The van der Waals surface area contributed by atoms with E-state index in [4.69, 9.17) is 11.5 Å². The maximum Gasteiger partial charge on any atom is 0.326 e. The monoisotopic (exact) mass is 515 g/mol. The van der Waals surface area contributed by atoms with Crippen LogP contribution in [0.15, 0.2) is 42.9 Å². The Hall–Kier alpha value is -4.26. The summed E-state index contributed by atoms with van der Waals surface area (Å²) < 4.78 is 0. The molecule has 4 unspecified atom stereocenters. The van der Waals surface area contributed by atoms with Crippen LogP contribution in [0.25, 0.3) is 0 Å². The molecule has 0 aliphatic carbocycles. The minimum Gasteiger partial charge on any atom is -0.480 e. The molecule has 37 heavy (non-hydrogen) atoms. The van der Waals surface area contributed by atoms with Crippen LogP contribution in [-0.2, 0) is 36.8 Å². The highest BCUT2D eigenvalue weighted by Gasteiger charge is 2.32. The van der Waals surface area contributed by atoms with Crippen LogP contribution in [0.1, 0.15) is 31.5 Å². The zero-order valence-electron chi connectivity index (χ0n) is 20.6. The molecule has 0 saturated heterocycles. The predicted molar refractivity (Wildman–Crippen MR) is 132 cm³/mol. The SMILES string of the molecule is CC(C)C(NC(=O)C(Cc1cnc[nH]1)NC(=O)C(Cc1ccccc1)NC(=O)C(N)CC(N)=O)C(=O)O. The molecule has 9 N–H and O–H groups in total. The number of H-pyrrole nitrogens is 1. The van der Waals surface area contributed by atoms with E-state index in [0.29, 0.717) is 11.3 Å². The van der Waals surface area contributed by atoms with Crippen LogP contribution in [0.4, 0.5) is 0 Å². The molecule has 0 aliphatic heterocycles. The van der Waals surface area contributed by atoms with Crippen molar-refractivity contribution < 1.29 is 29.1 Å². The van der Waals surface area contributed by atoms with E-state index in [1.165, 1.54) is 12.5 Å². The van der Waals surface area contributed by atoms with Crippen molar-refractivity contribution >= 4 is 29.6 Å². The number of carboxylic acid groups (broad SMARTS) is 1. The minimum absolute atomic E-state index is 0.0187. The quantitative estimate of drug-likeness (QED) is 0.158. The van der Waals surface area contributed by atoms with Gasteiger partial charge in [-0.15, -0.1) is 0 Å². The highest BCUT2D eigenvalue weighted by molar-refractivity contribution is 5.95. The molecule has 1 aromatic heterocycles. The smallest absolute Gasteiger partial charge is 0.326 e. The van der Waals surface area contributed by atoms with Crippen molar-refractivity contribution in [2.75, 3.05) is 0 Å². The van der Waals surface area contributed by atoms with Crippen LogP contribution < -0.4 is 27.4 Å². The topological polar surface area (TPSA) is 222 Å². The summed E-state index contributed by atoms with van der Waals surface area (Å²) in [5, 5.41) is 17.1. The Balaban J connectivity index is 2.27. The Bertz CT molecular complexity index is 1070. The summed E-state index contributed by atoms with van der Waals surface area (Å²) in [5.74, 6) is -4.61. The molecule has 13 heteroatoms. The Labute approximate surface area is 213 Å². The van der Waals surface area contributed by atoms with E-state index in [0.717, 1.165) is 0 Å². The van der Waals surface area contributed by atoms with Crippen LogP contribution in [-0.4, -0.2) is 68.8 Å². The first kappa shape index (κ1) is 29.0. The van der Waals surface area contributed by atoms with E-state index in [1.54, 1.807) is 44.2 Å². The van der Waals surface area contributed by atoms with E-state index in [9.17, 15) is 29.1 Å². The molecule has 2 aromatic rings. The summed E-state index contributed by atoms with van der Waals surface area (Å²) in [6, 6.07) is 4.02. The third-order valence-corrected chi connectivity index (χ3v) is 5.52. The van der Waals surface area contributed by atoms with Crippen molar-refractivity contribution in [3.8, 4) is 0 Å². The molecule has 0 bridgehead atoms. The maximum absolute atomic E-state index is 13.3. The lowest BCUT2D eigenvalue weighted by Crippen LogP contribution is -2.58. The average Bonchev–Trinajstić information content (AvgIpc) is 3.34. The normalized spacial score (nSPS) is 14.2. The number of imidazole rings is 1. The van der Waals surface area contributed by atoms with Gasteiger partial charge in [0.05, 0.1) is 18.8 Å². The van der Waals surface area contributed by atoms with E-state index < -0.39 is 66.1 Å². The number of aliphatic carboxylic acids is 1. The number of amides is 4. The second-order valence-corrected chi connectivity index (χ2v) is 8.94.